The minimum absolute atomic E-state index is 0.00281. The number of anilines is 1. The number of nitrogens with one attached hydrogen (secondary N) is 1. The zero-order chi connectivity index (χ0) is 20.2. The highest BCUT2D eigenvalue weighted by Crippen LogP contribution is 2.29. The van der Waals surface area contributed by atoms with E-state index in [4.69, 9.17) is 9.47 Å². The Bertz CT molecular complexity index is 894. The predicted molar refractivity (Wildman–Crippen MR) is 98.7 cm³/mol. The molecule has 0 atom stereocenters. The third-order valence-electron chi connectivity index (χ3n) is 3.99. The van der Waals surface area contributed by atoms with Gasteiger partial charge in [0.1, 0.15) is 5.75 Å². The third-order valence-corrected chi connectivity index (χ3v) is 7.14. The lowest BCUT2D eigenvalue weighted by Gasteiger charge is -2.26. The number of likely N-dealkylation sites (N-methyl/N-ethyl adjacent to an activating group) is 1. The van der Waals surface area contributed by atoms with Crippen molar-refractivity contribution in [1.82, 2.24) is 8.61 Å². The van der Waals surface area contributed by atoms with E-state index in [9.17, 15) is 21.6 Å². The van der Waals surface area contributed by atoms with Crippen LogP contribution in [-0.2, 0) is 29.6 Å². The highest BCUT2D eigenvalue weighted by Gasteiger charge is 2.27. The van der Waals surface area contributed by atoms with E-state index in [1.165, 1.54) is 36.7 Å². The number of carbonyl (C=O) groups excluding carboxylic acids is 1. The minimum atomic E-state index is -3.75. The van der Waals surface area contributed by atoms with Crippen molar-refractivity contribution in [2.75, 3.05) is 58.6 Å². The number of carbonyl (C=O) groups is 1. The smallest absolute Gasteiger partial charge is 0.243 e. The molecule has 0 unspecified atom stereocenters. The number of hydrogen-bond donors (Lipinski definition) is 1. The predicted octanol–water partition coefficient (Wildman–Crippen LogP) is -0.454. The fourth-order valence-corrected chi connectivity index (χ4v) is 4.18. The maximum absolute atomic E-state index is 12.8. The third kappa shape index (κ3) is 5.39. The largest absolute Gasteiger partial charge is 0.495 e. The molecule has 0 aromatic heterocycles. The van der Waals surface area contributed by atoms with Crippen LogP contribution in [0, 0.1) is 0 Å². The summed E-state index contributed by atoms with van der Waals surface area (Å²) in [5.74, 6) is -0.367. The molecule has 0 saturated carbocycles. The van der Waals surface area contributed by atoms with Gasteiger partial charge < -0.3 is 14.8 Å². The lowest BCUT2D eigenvalue weighted by Crippen LogP contribution is -2.40. The molecule has 1 aromatic carbocycles. The Kier molecular flexibility index (Phi) is 6.81. The van der Waals surface area contributed by atoms with Gasteiger partial charge in [0.05, 0.1) is 43.7 Å². The summed E-state index contributed by atoms with van der Waals surface area (Å²) in [5.41, 5.74) is 0.138. The Hall–Kier alpha value is -1.73. The van der Waals surface area contributed by atoms with Crippen LogP contribution < -0.4 is 10.1 Å². The first kappa shape index (κ1) is 21.6. The quantitative estimate of drug-likeness (QED) is 0.632. The van der Waals surface area contributed by atoms with E-state index < -0.39 is 32.5 Å². The van der Waals surface area contributed by atoms with Crippen molar-refractivity contribution >= 4 is 31.6 Å². The molecule has 0 radical (unpaired) electrons. The van der Waals surface area contributed by atoms with Crippen LogP contribution in [0.2, 0.25) is 0 Å². The average molecular weight is 421 g/mol. The Morgan fingerprint density at radius 1 is 1.26 bits per heavy atom. The van der Waals surface area contributed by atoms with E-state index in [-0.39, 0.29) is 29.4 Å². The molecule has 1 aliphatic rings. The molecule has 0 bridgehead atoms. The zero-order valence-electron chi connectivity index (χ0n) is 15.3. The number of rotatable bonds is 7. The van der Waals surface area contributed by atoms with Gasteiger partial charge in [-0.3, -0.25) is 4.79 Å². The molecule has 1 aliphatic heterocycles. The van der Waals surface area contributed by atoms with Crippen molar-refractivity contribution in [3.63, 3.8) is 0 Å². The molecule has 1 fully saturated rings. The standard InChI is InChI=1S/C15H23N3O7S2/c1-17(26(3,20)21)11-15(19)16-13-10-12(4-5-14(13)24-2)27(22,23)18-6-8-25-9-7-18/h4-5,10H,6-9,11H2,1-3H3,(H,16,19). The van der Waals surface area contributed by atoms with Gasteiger partial charge in [-0.05, 0) is 18.2 Å². The SMILES string of the molecule is COc1ccc(S(=O)(=O)N2CCOCC2)cc1NC(=O)CN(C)S(C)(=O)=O. The molecule has 0 spiro atoms. The lowest BCUT2D eigenvalue weighted by molar-refractivity contribution is -0.116. The van der Waals surface area contributed by atoms with E-state index in [1.807, 2.05) is 0 Å². The van der Waals surface area contributed by atoms with Gasteiger partial charge in [-0.15, -0.1) is 0 Å². The van der Waals surface area contributed by atoms with Crippen molar-refractivity contribution < 1.29 is 31.1 Å². The van der Waals surface area contributed by atoms with Crippen molar-refractivity contribution in [3.8, 4) is 5.75 Å². The lowest BCUT2D eigenvalue weighted by atomic mass is 10.3. The number of hydrogen-bond acceptors (Lipinski definition) is 7. The Labute approximate surface area is 159 Å². The Morgan fingerprint density at radius 3 is 2.44 bits per heavy atom. The molecule has 2 rings (SSSR count). The van der Waals surface area contributed by atoms with Gasteiger partial charge in [0.2, 0.25) is 26.0 Å². The summed E-state index contributed by atoms with van der Waals surface area (Å²) >= 11 is 0. The van der Waals surface area contributed by atoms with Gasteiger partial charge in [-0.1, -0.05) is 0 Å². The van der Waals surface area contributed by atoms with Crippen LogP contribution in [-0.4, -0.2) is 84.6 Å². The molecule has 1 aromatic rings. The molecule has 1 N–H and O–H groups in total. The van der Waals surface area contributed by atoms with E-state index in [2.05, 4.69) is 5.32 Å². The van der Waals surface area contributed by atoms with Crippen LogP contribution in [0.4, 0.5) is 5.69 Å². The van der Waals surface area contributed by atoms with E-state index in [1.54, 1.807) is 0 Å². The number of nitrogens with zero attached hydrogens (tertiary/aromatic N) is 2. The second-order valence-electron chi connectivity index (χ2n) is 5.95. The average Bonchev–Trinajstić information content (AvgIpc) is 2.61. The number of methoxy groups -OCH3 is 1. The first-order chi connectivity index (χ1) is 12.6. The normalized spacial score (nSPS) is 16.3. The van der Waals surface area contributed by atoms with E-state index in [0.29, 0.717) is 13.2 Å². The fraction of sp³-hybridized carbons (Fsp3) is 0.533. The van der Waals surface area contributed by atoms with Gasteiger partial charge in [0, 0.05) is 20.1 Å². The second-order valence-corrected chi connectivity index (χ2v) is 9.97. The minimum Gasteiger partial charge on any atom is -0.495 e. The van der Waals surface area contributed by atoms with E-state index in [0.717, 1.165) is 10.6 Å². The van der Waals surface area contributed by atoms with Crippen LogP contribution in [0.5, 0.6) is 5.75 Å². The summed E-state index contributed by atoms with van der Waals surface area (Å²) in [5, 5.41) is 2.50. The van der Waals surface area contributed by atoms with Crippen LogP contribution >= 0.6 is 0 Å². The fourth-order valence-electron chi connectivity index (χ4n) is 2.39. The second kappa shape index (κ2) is 8.52. The van der Waals surface area contributed by atoms with Crippen molar-refractivity contribution in [3.05, 3.63) is 18.2 Å². The van der Waals surface area contributed by atoms with Crippen molar-refractivity contribution in [1.29, 1.82) is 0 Å². The molecular formula is C15H23N3O7S2. The molecule has 152 valence electrons. The topological polar surface area (TPSA) is 122 Å². The molecule has 1 saturated heterocycles. The first-order valence-electron chi connectivity index (χ1n) is 8.03. The number of morpholine rings is 1. The number of ether oxygens (including phenoxy) is 2. The molecule has 27 heavy (non-hydrogen) atoms. The van der Waals surface area contributed by atoms with Gasteiger partial charge in [-0.25, -0.2) is 16.8 Å². The maximum atomic E-state index is 12.8. The summed E-state index contributed by atoms with van der Waals surface area (Å²) in [4.78, 5) is 12.1. The summed E-state index contributed by atoms with van der Waals surface area (Å²) in [6.45, 7) is 0.709. The van der Waals surface area contributed by atoms with Crippen molar-refractivity contribution in [2.24, 2.45) is 0 Å². The first-order valence-corrected chi connectivity index (χ1v) is 11.3. The molecule has 1 amide bonds. The molecule has 1 heterocycles. The summed E-state index contributed by atoms with van der Waals surface area (Å²) < 4.78 is 60.9. The van der Waals surface area contributed by atoms with Gasteiger partial charge in [0.15, 0.2) is 0 Å². The summed E-state index contributed by atoms with van der Waals surface area (Å²) in [6.07, 6.45) is 0.983. The summed E-state index contributed by atoms with van der Waals surface area (Å²) in [6, 6.07) is 4.12. The van der Waals surface area contributed by atoms with Gasteiger partial charge in [-0.2, -0.15) is 8.61 Å². The zero-order valence-corrected chi connectivity index (χ0v) is 17.0. The highest BCUT2D eigenvalue weighted by molar-refractivity contribution is 7.89. The number of amides is 1. The number of benzene rings is 1. The number of sulfonamides is 2. The molecule has 10 nitrogen and oxygen atoms in total. The van der Waals surface area contributed by atoms with Crippen LogP contribution in [0.25, 0.3) is 0 Å². The Morgan fingerprint density at radius 2 is 1.89 bits per heavy atom. The monoisotopic (exact) mass is 421 g/mol. The maximum Gasteiger partial charge on any atom is 0.243 e. The van der Waals surface area contributed by atoms with Crippen LogP contribution in [0.15, 0.2) is 23.1 Å². The Balaban J connectivity index is 2.26. The van der Waals surface area contributed by atoms with E-state index >= 15 is 0 Å². The summed E-state index contributed by atoms with van der Waals surface area (Å²) in [7, 11) is -4.63. The van der Waals surface area contributed by atoms with Crippen molar-refractivity contribution in [2.45, 2.75) is 4.90 Å². The van der Waals surface area contributed by atoms with Gasteiger partial charge in [0.25, 0.3) is 0 Å². The highest BCUT2D eigenvalue weighted by atomic mass is 32.2. The van der Waals surface area contributed by atoms with Gasteiger partial charge >= 0.3 is 0 Å². The molecule has 0 aliphatic carbocycles. The molecule has 12 heteroatoms. The van der Waals surface area contributed by atoms with Crippen LogP contribution in [0.3, 0.4) is 0 Å². The molecular weight excluding hydrogens is 398 g/mol. The van der Waals surface area contributed by atoms with Crippen LogP contribution in [0.1, 0.15) is 0 Å².